The van der Waals surface area contributed by atoms with Crippen molar-refractivity contribution in [1.82, 2.24) is 3.97 Å². The summed E-state index contributed by atoms with van der Waals surface area (Å²) in [5.41, 5.74) is 2.09. The van der Waals surface area contributed by atoms with Gasteiger partial charge in [0.05, 0.1) is 11.5 Å². The maximum atomic E-state index is 13.2. The minimum atomic E-state index is -3.97. The van der Waals surface area contributed by atoms with E-state index in [9.17, 15) is 13.2 Å². The molecule has 0 saturated carbocycles. The van der Waals surface area contributed by atoms with Crippen LogP contribution in [0.25, 0.3) is 11.1 Å². The number of hydrogen-bond donors (Lipinski definition) is 0. The molecule has 0 aliphatic heterocycles. The quantitative estimate of drug-likeness (QED) is 0.541. The highest BCUT2D eigenvalue weighted by Crippen LogP contribution is 2.33. The van der Waals surface area contributed by atoms with Crippen molar-refractivity contribution < 1.29 is 17.9 Å². The fourth-order valence-corrected chi connectivity index (χ4v) is 4.58. The summed E-state index contributed by atoms with van der Waals surface area (Å²) in [5, 5.41) is 0.501. The minimum absolute atomic E-state index is 0.0392. The van der Waals surface area contributed by atoms with Gasteiger partial charge in [-0.25, -0.2) is 17.2 Å². The van der Waals surface area contributed by atoms with Crippen LogP contribution in [0.5, 0.6) is 0 Å². The first-order valence-corrected chi connectivity index (χ1v) is 10.7. The summed E-state index contributed by atoms with van der Waals surface area (Å²) in [7, 11) is -3.97. The van der Waals surface area contributed by atoms with Crippen LogP contribution in [-0.2, 0) is 21.2 Å². The van der Waals surface area contributed by atoms with Crippen LogP contribution in [0.1, 0.15) is 29.9 Å². The van der Waals surface area contributed by atoms with Gasteiger partial charge in [-0.15, -0.1) is 0 Å². The largest absolute Gasteiger partial charge is 0.461 e. The SMILES string of the molecule is CCOC(=O)c1c(-c2cc(Cl)ccc2CC)ccn1S(=O)(=O)c1ccccc1. The van der Waals surface area contributed by atoms with Gasteiger partial charge in [-0.3, -0.25) is 0 Å². The molecule has 7 heteroatoms. The van der Waals surface area contributed by atoms with Crippen molar-refractivity contribution in [2.45, 2.75) is 25.2 Å². The Morgan fingerprint density at radius 2 is 1.75 bits per heavy atom. The van der Waals surface area contributed by atoms with Crippen LogP contribution in [-0.4, -0.2) is 25.0 Å². The van der Waals surface area contributed by atoms with E-state index in [4.69, 9.17) is 16.3 Å². The van der Waals surface area contributed by atoms with Crippen LogP contribution in [0.15, 0.2) is 65.7 Å². The number of benzene rings is 2. The van der Waals surface area contributed by atoms with Crippen molar-refractivity contribution in [2.75, 3.05) is 6.61 Å². The van der Waals surface area contributed by atoms with Crippen LogP contribution < -0.4 is 0 Å². The van der Waals surface area contributed by atoms with Gasteiger partial charge in [0.15, 0.2) is 0 Å². The lowest BCUT2D eigenvalue weighted by Gasteiger charge is -2.13. The first-order valence-electron chi connectivity index (χ1n) is 8.88. The van der Waals surface area contributed by atoms with Crippen LogP contribution in [0, 0.1) is 0 Å². The van der Waals surface area contributed by atoms with Gasteiger partial charge in [-0.05, 0) is 54.8 Å². The number of ether oxygens (including phenoxy) is 1. The molecule has 0 N–H and O–H groups in total. The number of esters is 1. The standard InChI is InChI=1S/C21H20ClNO4S/c1-3-15-10-11-16(22)14-19(15)18-12-13-23(20(18)21(24)27-4-2)28(25,26)17-8-6-5-7-9-17/h5-14H,3-4H2,1-2H3. The van der Waals surface area contributed by atoms with E-state index in [1.54, 1.807) is 43.3 Å². The molecular formula is C21H20ClNO4S. The normalized spacial score (nSPS) is 11.4. The summed E-state index contributed by atoms with van der Waals surface area (Å²) in [6.45, 7) is 3.78. The van der Waals surface area contributed by atoms with Gasteiger partial charge in [0.25, 0.3) is 10.0 Å². The van der Waals surface area contributed by atoms with Crippen molar-refractivity contribution in [2.24, 2.45) is 0 Å². The van der Waals surface area contributed by atoms with Crippen LogP contribution in [0.4, 0.5) is 0 Å². The molecule has 0 aliphatic rings. The molecule has 0 spiro atoms. The Kier molecular flexibility index (Phi) is 5.91. The highest BCUT2D eigenvalue weighted by Gasteiger charge is 2.28. The third-order valence-corrected chi connectivity index (χ3v) is 6.29. The summed E-state index contributed by atoms with van der Waals surface area (Å²) in [5.74, 6) is -0.705. The first-order chi connectivity index (χ1) is 13.4. The lowest BCUT2D eigenvalue weighted by atomic mass is 9.98. The first kappa shape index (κ1) is 20.2. The molecule has 28 heavy (non-hydrogen) atoms. The van der Waals surface area contributed by atoms with Crippen LogP contribution in [0.2, 0.25) is 5.02 Å². The second kappa shape index (κ2) is 8.20. The Bertz CT molecular complexity index is 1100. The van der Waals surface area contributed by atoms with Crippen molar-refractivity contribution in [3.8, 4) is 11.1 Å². The molecule has 3 rings (SSSR count). The van der Waals surface area contributed by atoms with E-state index in [0.717, 1.165) is 9.54 Å². The van der Waals surface area contributed by atoms with E-state index < -0.39 is 16.0 Å². The molecule has 0 atom stereocenters. The lowest BCUT2D eigenvalue weighted by Crippen LogP contribution is -2.20. The molecule has 0 bridgehead atoms. The van der Waals surface area contributed by atoms with Gasteiger partial charge in [-0.1, -0.05) is 42.8 Å². The van der Waals surface area contributed by atoms with Crippen LogP contribution in [0.3, 0.4) is 0 Å². The summed E-state index contributed by atoms with van der Waals surface area (Å²) < 4.78 is 32.5. The number of rotatable bonds is 6. The summed E-state index contributed by atoms with van der Waals surface area (Å²) in [6, 6.07) is 14.9. The van der Waals surface area contributed by atoms with Gasteiger partial charge in [0, 0.05) is 16.8 Å². The molecule has 0 unspecified atom stereocenters. The molecule has 2 aromatic carbocycles. The Balaban J connectivity index is 2.28. The minimum Gasteiger partial charge on any atom is -0.461 e. The summed E-state index contributed by atoms with van der Waals surface area (Å²) in [4.78, 5) is 12.8. The highest BCUT2D eigenvalue weighted by atomic mass is 35.5. The molecule has 0 aliphatic carbocycles. The second-order valence-corrected chi connectivity index (χ2v) is 8.32. The predicted molar refractivity (Wildman–Crippen MR) is 109 cm³/mol. The zero-order chi connectivity index (χ0) is 20.3. The molecule has 0 fully saturated rings. The fraction of sp³-hybridized carbons (Fsp3) is 0.190. The average Bonchev–Trinajstić information content (AvgIpc) is 3.15. The molecule has 3 aromatic rings. The van der Waals surface area contributed by atoms with E-state index >= 15 is 0 Å². The third-order valence-electron chi connectivity index (χ3n) is 4.36. The molecule has 1 heterocycles. The molecule has 0 radical (unpaired) electrons. The number of aryl methyl sites for hydroxylation is 1. The van der Waals surface area contributed by atoms with Crippen molar-refractivity contribution in [3.63, 3.8) is 0 Å². The smallest absolute Gasteiger partial charge is 0.356 e. The predicted octanol–water partition coefficient (Wildman–Crippen LogP) is 4.78. The van der Waals surface area contributed by atoms with E-state index in [1.807, 2.05) is 13.0 Å². The van der Waals surface area contributed by atoms with Gasteiger partial charge in [0.1, 0.15) is 5.69 Å². The number of aromatic nitrogens is 1. The average molecular weight is 418 g/mol. The summed E-state index contributed by atoms with van der Waals surface area (Å²) >= 11 is 6.17. The Morgan fingerprint density at radius 1 is 1.04 bits per heavy atom. The molecule has 146 valence electrons. The van der Waals surface area contributed by atoms with Gasteiger partial charge in [0.2, 0.25) is 0 Å². The van der Waals surface area contributed by atoms with Gasteiger partial charge in [-0.2, -0.15) is 0 Å². The van der Waals surface area contributed by atoms with Gasteiger partial charge < -0.3 is 4.74 Å². The summed E-state index contributed by atoms with van der Waals surface area (Å²) in [6.07, 6.45) is 2.08. The maximum absolute atomic E-state index is 13.2. The van der Waals surface area contributed by atoms with E-state index in [1.165, 1.54) is 18.3 Å². The lowest BCUT2D eigenvalue weighted by molar-refractivity contribution is 0.0519. The zero-order valence-electron chi connectivity index (χ0n) is 15.6. The maximum Gasteiger partial charge on any atom is 0.356 e. The monoisotopic (exact) mass is 417 g/mol. The van der Waals surface area contributed by atoms with Crippen molar-refractivity contribution in [1.29, 1.82) is 0 Å². The van der Waals surface area contributed by atoms with Crippen LogP contribution >= 0.6 is 11.6 Å². The number of nitrogens with zero attached hydrogens (tertiary/aromatic N) is 1. The second-order valence-electron chi connectivity index (χ2n) is 6.07. The zero-order valence-corrected chi connectivity index (χ0v) is 17.1. The Morgan fingerprint density at radius 3 is 2.39 bits per heavy atom. The molecule has 0 amide bonds. The third kappa shape index (κ3) is 3.70. The number of halogens is 1. The topological polar surface area (TPSA) is 65.4 Å². The van der Waals surface area contributed by atoms with Crippen molar-refractivity contribution in [3.05, 3.63) is 77.1 Å². The number of carbonyl (C=O) groups is 1. The van der Waals surface area contributed by atoms with Crippen molar-refractivity contribution >= 4 is 27.6 Å². The number of hydrogen-bond acceptors (Lipinski definition) is 4. The number of carbonyl (C=O) groups excluding carboxylic acids is 1. The molecular weight excluding hydrogens is 398 g/mol. The van der Waals surface area contributed by atoms with E-state index in [-0.39, 0.29) is 17.2 Å². The molecule has 1 aromatic heterocycles. The Labute approximate surface area is 169 Å². The van der Waals surface area contributed by atoms with Gasteiger partial charge >= 0.3 is 5.97 Å². The highest BCUT2D eigenvalue weighted by molar-refractivity contribution is 7.90. The van der Waals surface area contributed by atoms with E-state index in [0.29, 0.717) is 22.6 Å². The Hall–Kier alpha value is -2.57. The van der Waals surface area contributed by atoms with E-state index in [2.05, 4.69) is 0 Å². The molecule has 0 saturated heterocycles. The fourth-order valence-electron chi connectivity index (χ4n) is 3.05. The molecule has 5 nitrogen and oxygen atoms in total.